The maximum atomic E-state index is 13.4. The number of hydrogen-bond acceptors (Lipinski definition) is 3. The third-order valence-electron chi connectivity index (χ3n) is 5.04. The molecule has 0 heterocycles. The monoisotopic (exact) mass is 422 g/mol. The van der Waals surface area contributed by atoms with Gasteiger partial charge in [-0.05, 0) is 80.3 Å². The Morgan fingerprint density at radius 3 is 2.17 bits per heavy atom. The minimum absolute atomic E-state index is 0.143. The Balaban J connectivity index is 1.98. The Bertz CT molecular complexity index is 1170. The summed E-state index contributed by atoms with van der Waals surface area (Å²) in [4.78, 5) is 13.0. The van der Waals surface area contributed by atoms with Gasteiger partial charge in [-0.25, -0.2) is 8.42 Å². The summed E-state index contributed by atoms with van der Waals surface area (Å²) in [6.07, 6.45) is 0. The number of carbonyl (C=O) groups excluding carboxylic acids is 1. The number of hydrogen-bond donors (Lipinski definition) is 1. The third kappa shape index (κ3) is 4.71. The Labute approximate surface area is 178 Å². The zero-order valence-electron chi connectivity index (χ0n) is 17.6. The minimum Gasteiger partial charge on any atom is -0.325 e. The summed E-state index contributed by atoms with van der Waals surface area (Å²) in [5.41, 5.74) is 5.00. The number of nitrogens with zero attached hydrogens (tertiary/aromatic N) is 1. The van der Waals surface area contributed by atoms with Gasteiger partial charge in [0.1, 0.15) is 6.54 Å². The fraction of sp³-hybridized carbons (Fsp3) is 0.208. The van der Waals surface area contributed by atoms with Crippen molar-refractivity contribution in [3.8, 4) is 0 Å². The largest absolute Gasteiger partial charge is 0.325 e. The van der Waals surface area contributed by atoms with E-state index in [2.05, 4.69) is 5.32 Å². The third-order valence-corrected chi connectivity index (χ3v) is 6.82. The van der Waals surface area contributed by atoms with E-state index >= 15 is 0 Å². The van der Waals surface area contributed by atoms with Crippen LogP contribution in [0.3, 0.4) is 0 Å². The molecule has 0 saturated heterocycles. The first-order valence-corrected chi connectivity index (χ1v) is 11.1. The lowest BCUT2D eigenvalue weighted by Gasteiger charge is -2.26. The number of amides is 1. The van der Waals surface area contributed by atoms with Gasteiger partial charge in [0.25, 0.3) is 10.0 Å². The quantitative estimate of drug-likeness (QED) is 0.623. The van der Waals surface area contributed by atoms with E-state index in [1.807, 2.05) is 58.0 Å². The number of benzene rings is 3. The SMILES string of the molecule is Cc1ccc(C)c(N(CC(=O)Nc2ccc(C)c(C)c2)S(=O)(=O)c2ccccc2)c1. The van der Waals surface area contributed by atoms with E-state index in [1.54, 1.807) is 24.3 Å². The van der Waals surface area contributed by atoms with E-state index < -0.39 is 15.9 Å². The van der Waals surface area contributed by atoms with Crippen LogP contribution in [-0.4, -0.2) is 20.9 Å². The Morgan fingerprint density at radius 2 is 1.50 bits per heavy atom. The molecule has 0 spiro atoms. The second-order valence-corrected chi connectivity index (χ2v) is 9.32. The first kappa shape index (κ1) is 21.6. The molecule has 3 aromatic rings. The van der Waals surface area contributed by atoms with Crippen LogP contribution in [0.5, 0.6) is 0 Å². The van der Waals surface area contributed by atoms with Crippen LogP contribution in [0.25, 0.3) is 0 Å². The fourth-order valence-corrected chi connectivity index (χ4v) is 4.66. The van der Waals surface area contributed by atoms with Crippen molar-refractivity contribution in [3.05, 3.63) is 89.0 Å². The molecular formula is C24H26N2O3S. The highest BCUT2D eigenvalue weighted by atomic mass is 32.2. The van der Waals surface area contributed by atoms with Crippen LogP contribution in [0.15, 0.2) is 71.6 Å². The van der Waals surface area contributed by atoms with Crippen LogP contribution in [0.1, 0.15) is 22.3 Å². The lowest BCUT2D eigenvalue weighted by atomic mass is 10.1. The van der Waals surface area contributed by atoms with Crippen LogP contribution in [0, 0.1) is 27.7 Å². The second kappa shape index (κ2) is 8.71. The van der Waals surface area contributed by atoms with Gasteiger partial charge in [-0.2, -0.15) is 0 Å². The molecule has 30 heavy (non-hydrogen) atoms. The van der Waals surface area contributed by atoms with Crippen LogP contribution >= 0.6 is 0 Å². The Hall–Kier alpha value is -3.12. The molecule has 6 heteroatoms. The predicted octanol–water partition coefficient (Wildman–Crippen LogP) is 4.75. The summed E-state index contributed by atoms with van der Waals surface area (Å²) in [7, 11) is -3.92. The smallest absolute Gasteiger partial charge is 0.264 e. The first-order chi connectivity index (χ1) is 14.2. The molecule has 1 amide bonds. The van der Waals surface area contributed by atoms with Gasteiger partial charge in [-0.15, -0.1) is 0 Å². The molecule has 5 nitrogen and oxygen atoms in total. The predicted molar refractivity (Wildman–Crippen MR) is 121 cm³/mol. The number of rotatable bonds is 6. The molecule has 0 saturated carbocycles. The molecule has 0 bridgehead atoms. The van der Waals surface area contributed by atoms with Gasteiger partial charge >= 0.3 is 0 Å². The molecule has 3 aromatic carbocycles. The Morgan fingerprint density at radius 1 is 0.833 bits per heavy atom. The highest BCUT2D eigenvalue weighted by molar-refractivity contribution is 7.92. The van der Waals surface area contributed by atoms with E-state index in [1.165, 1.54) is 16.4 Å². The molecule has 0 unspecified atom stereocenters. The van der Waals surface area contributed by atoms with Crippen molar-refractivity contribution in [2.24, 2.45) is 0 Å². The second-order valence-electron chi connectivity index (χ2n) is 7.46. The Kier molecular flexibility index (Phi) is 6.27. The summed E-state index contributed by atoms with van der Waals surface area (Å²) in [6.45, 7) is 7.37. The number of anilines is 2. The molecular weight excluding hydrogens is 396 g/mol. The number of sulfonamides is 1. The van der Waals surface area contributed by atoms with Crippen LogP contribution in [0.4, 0.5) is 11.4 Å². The average Bonchev–Trinajstić information content (AvgIpc) is 2.71. The van der Waals surface area contributed by atoms with Crippen molar-refractivity contribution in [1.29, 1.82) is 0 Å². The van der Waals surface area contributed by atoms with Gasteiger partial charge in [0.05, 0.1) is 10.6 Å². The van der Waals surface area contributed by atoms with E-state index in [4.69, 9.17) is 0 Å². The molecule has 0 aromatic heterocycles. The first-order valence-electron chi connectivity index (χ1n) is 9.70. The highest BCUT2D eigenvalue weighted by Gasteiger charge is 2.28. The maximum absolute atomic E-state index is 13.4. The van der Waals surface area contributed by atoms with Gasteiger partial charge in [-0.1, -0.05) is 36.4 Å². The van der Waals surface area contributed by atoms with Crippen LogP contribution in [-0.2, 0) is 14.8 Å². The number of carbonyl (C=O) groups is 1. The highest BCUT2D eigenvalue weighted by Crippen LogP contribution is 2.28. The molecule has 3 rings (SSSR count). The van der Waals surface area contributed by atoms with Crippen molar-refractivity contribution >= 4 is 27.3 Å². The van der Waals surface area contributed by atoms with Gasteiger partial charge in [0.2, 0.25) is 5.91 Å². The average molecular weight is 423 g/mol. The number of nitrogens with one attached hydrogen (secondary N) is 1. The standard InChI is InChI=1S/C24H26N2O3S/c1-17-10-11-19(3)23(14-17)26(30(28,29)22-8-6-5-7-9-22)16-24(27)25-21-13-12-18(2)20(4)15-21/h5-15H,16H2,1-4H3,(H,25,27). The van der Waals surface area contributed by atoms with Crippen LogP contribution in [0.2, 0.25) is 0 Å². The summed E-state index contributed by atoms with van der Waals surface area (Å²) < 4.78 is 28.0. The van der Waals surface area contributed by atoms with Crippen molar-refractivity contribution in [2.45, 2.75) is 32.6 Å². The summed E-state index contributed by atoms with van der Waals surface area (Å²) >= 11 is 0. The van der Waals surface area contributed by atoms with Crippen molar-refractivity contribution in [2.75, 3.05) is 16.2 Å². The normalized spacial score (nSPS) is 11.2. The van der Waals surface area contributed by atoms with E-state index in [9.17, 15) is 13.2 Å². The molecule has 1 N–H and O–H groups in total. The van der Waals surface area contributed by atoms with Crippen molar-refractivity contribution in [3.63, 3.8) is 0 Å². The lowest BCUT2D eigenvalue weighted by Crippen LogP contribution is -2.38. The van der Waals surface area contributed by atoms with E-state index in [0.29, 0.717) is 11.4 Å². The van der Waals surface area contributed by atoms with Gasteiger partial charge in [0.15, 0.2) is 0 Å². The maximum Gasteiger partial charge on any atom is 0.264 e. The van der Waals surface area contributed by atoms with Crippen molar-refractivity contribution in [1.82, 2.24) is 0 Å². The minimum atomic E-state index is -3.92. The zero-order chi connectivity index (χ0) is 21.9. The van der Waals surface area contributed by atoms with Gasteiger partial charge < -0.3 is 5.32 Å². The lowest BCUT2D eigenvalue weighted by molar-refractivity contribution is -0.114. The topological polar surface area (TPSA) is 66.5 Å². The summed E-state index contributed by atoms with van der Waals surface area (Å²) in [5, 5.41) is 2.82. The number of aryl methyl sites for hydroxylation is 4. The molecule has 156 valence electrons. The molecule has 0 fully saturated rings. The summed E-state index contributed by atoms with van der Waals surface area (Å²) in [6, 6.07) is 19.4. The molecule has 0 aliphatic heterocycles. The van der Waals surface area contributed by atoms with E-state index in [0.717, 1.165) is 22.3 Å². The van der Waals surface area contributed by atoms with Gasteiger partial charge in [-0.3, -0.25) is 9.10 Å². The van der Waals surface area contributed by atoms with Crippen molar-refractivity contribution < 1.29 is 13.2 Å². The zero-order valence-corrected chi connectivity index (χ0v) is 18.5. The molecule has 0 radical (unpaired) electrons. The van der Waals surface area contributed by atoms with Gasteiger partial charge in [0, 0.05) is 5.69 Å². The summed E-state index contributed by atoms with van der Waals surface area (Å²) in [5.74, 6) is -0.404. The molecule has 0 aliphatic carbocycles. The molecule has 0 atom stereocenters. The molecule has 0 aliphatic rings. The fourth-order valence-electron chi connectivity index (χ4n) is 3.16. The van der Waals surface area contributed by atoms with Crippen LogP contribution < -0.4 is 9.62 Å². The van der Waals surface area contributed by atoms with E-state index in [-0.39, 0.29) is 11.4 Å².